The van der Waals surface area contributed by atoms with E-state index in [1.165, 1.54) is 18.9 Å². The first kappa shape index (κ1) is 13.5. The van der Waals surface area contributed by atoms with Crippen LogP contribution in [0.5, 0.6) is 0 Å². The van der Waals surface area contributed by atoms with Gasteiger partial charge in [0.1, 0.15) is 5.76 Å². The maximum atomic E-state index is 10.7. The Balaban J connectivity index is 1.80. The first-order valence-corrected chi connectivity index (χ1v) is 7.36. The van der Waals surface area contributed by atoms with Crippen molar-refractivity contribution in [1.82, 2.24) is 5.32 Å². The summed E-state index contributed by atoms with van der Waals surface area (Å²) in [5.41, 5.74) is 0. The van der Waals surface area contributed by atoms with Gasteiger partial charge in [-0.1, -0.05) is 6.92 Å². The van der Waals surface area contributed by atoms with Gasteiger partial charge >= 0.3 is 5.97 Å². The van der Waals surface area contributed by atoms with E-state index in [9.17, 15) is 4.79 Å². The zero-order valence-corrected chi connectivity index (χ0v) is 11.3. The predicted molar refractivity (Wildman–Crippen MR) is 72.0 cm³/mol. The maximum Gasteiger partial charge on any atom is 0.371 e. The molecule has 0 aromatic carbocycles. The van der Waals surface area contributed by atoms with Crippen LogP contribution >= 0.6 is 11.8 Å². The lowest BCUT2D eigenvalue weighted by Gasteiger charge is -2.27. The maximum absolute atomic E-state index is 10.7. The molecule has 1 unspecified atom stereocenters. The average Bonchev–Trinajstić information content (AvgIpc) is 2.86. The smallest absolute Gasteiger partial charge is 0.371 e. The highest BCUT2D eigenvalue weighted by Crippen LogP contribution is 2.29. The van der Waals surface area contributed by atoms with Gasteiger partial charge in [-0.05, 0) is 44.0 Å². The minimum Gasteiger partial charge on any atom is -0.475 e. The van der Waals surface area contributed by atoms with Crippen LogP contribution in [0.3, 0.4) is 0 Å². The number of hydrogen-bond donors (Lipinski definition) is 2. The molecule has 1 aliphatic rings. The number of carboxylic acids is 1. The van der Waals surface area contributed by atoms with Crippen LogP contribution in [-0.4, -0.2) is 29.4 Å². The highest BCUT2D eigenvalue weighted by Gasteiger charge is 2.20. The number of piperidine rings is 1. The summed E-state index contributed by atoms with van der Waals surface area (Å²) in [5.74, 6) is 1.28. The molecule has 1 aromatic rings. The summed E-state index contributed by atoms with van der Waals surface area (Å²) in [6.45, 7) is 4.47. The molecule has 0 amide bonds. The number of aromatic carboxylic acids is 1. The van der Waals surface area contributed by atoms with Crippen molar-refractivity contribution in [2.24, 2.45) is 5.92 Å². The molecule has 100 valence electrons. The van der Waals surface area contributed by atoms with E-state index in [2.05, 4.69) is 12.2 Å². The lowest BCUT2D eigenvalue weighted by Crippen LogP contribution is -2.31. The van der Waals surface area contributed by atoms with Crippen molar-refractivity contribution in [3.63, 3.8) is 0 Å². The zero-order valence-electron chi connectivity index (χ0n) is 10.5. The Morgan fingerprint density at radius 1 is 1.56 bits per heavy atom. The number of furan rings is 1. The second kappa shape index (κ2) is 6.29. The first-order chi connectivity index (χ1) is 8.66. The largest absolute Gasteiger partial charge is 0.475 e. The quantitative estimate of drug-likeness (QED) is 0.860. The highest BCUT2D eigenvalue weighted by atomic mass is 32.2. The summed E-state index contributed by atoms with van der Waals surface area (Å²) < 4.78 is 5.25. The molecular formula is C13H19NO3S. The number of hydrogen-bond acceptors (Lipinski definition) is 4. The van der Waals surface area contributed by atoms with Crippen molar-refractivity contribution < 1.29 is 14.3 Å². The van der Waals surface area contributed by atoms with Gasteiger partial charge in [-0.25, -0.2) is 4.79 Å². The third-order valence-electron chi connectivity index (χ3n) is 3.41. The summed E-state index contributed by atoms with van der Waals surface area (Å²) in [4.78, 5) is 10.7. The van der Waals surface area contributed by atoms with E-state index in [4.69, 9.17) is 9.52 Å². The second-order valence-corrected chi connectivity index (χ2v) is 6.04. The molecule has 2 rings (SSSR count). The van der Waals surface area contributed by atoms with E-state index in [0.29, 0.717) is 5.25 Å². The average molecular weight is 269 g/mol. The third-order valence-corrected chi connectivity index (χ3v) is 4.77. The summed E-state index contributed by atoms with van der Waals surface area (Å²) in [6.07, 6.45) is 2.46. The van der Waals surface area contributed by atoms with Gasteiger partial charge in [0.15, 0.2) is 0 Å². The van der Waals surface area contributed by atoms with Crippen LogP contribution < -0.4 is 5.32 Å². The molecule has 0 aliphatic carbocycles. The first-order valence-electron chi connectivity index (χ1n) is 6.31. The molecule has 2 N–H and O–H groups in total. The molecule has 0 bridgehead atoms. The lowest BCUT2D eigenvalue weighted by molar-refractivity contribution is 0.0661. The Morgan fingerprint density at radius 2 is 2.28 bits per heavy atom. The monoisotopic (exact) mass is 269 g/mol. The Bertz CT molecular complexity index is 399. The molecule has 1 atom stereocenters. The summed E-state index contributed by atoms with van der Waals surface area (Å²) in [6, 6.07) is 3.28. The van der Waals surface area contributed by atoms with Crippen molar-refractivity contribution in [1.29, 1.82) is 0 Å². The molecule has 1 aliphatic heterocycles. The molecule has 0 radical (unpaired) electrons. The summed E-state index contributed by atoms with van der Waals surface area (Å²) in [5, 5.41) is 12.7. The Hall–Kier alpha value is -0.940. The van der Waals surface area contributed by atoms with Gasteiger partial charge in [0.2, 0.25) is 5.76 Å². The number of carbonyl (C=O) groups is 1. The third kappa shape index (κ3) is 3.53. The Kier molecular flexibility index (Phi) is 4.72. The zero-order chi connectivity index (χ0) is 13.0. The fourth-order valence-corrected chi connectivity index (χ4v) is 3.36. The van der Waals surface area contributed by atoms with Gasteiger partial charge in [0.05, 0.1) is 5.75 Å². The Morgan fingerprint density at radius 3 is 2.89 bits per heavy atom. The van der Waals surface area contributed by atoms with E-state index in [0.717, 1.165) is 30.5 Å². The topological polar surface area (TPSA) is 62.5 Å². The Labute approximate surface area is 111 Å². The minimum atomic E-state index is -1.00. The number of carboxylic acid groups (broad SMARTS) is 1. The molecule has 4 nitrogen and oxygen atoms in total. The van der Waals surface area contributed by atoms with Crippen molar-refractivity contribution in [3.05, 3.63) is 23.7 Å². The SMILES string of the molecule is CC(SCc1ccc(C(=O)O)o1)C1CCNCC1. The van der Waals surface area contributed by atoms with E-state index < -0.39 is 5.97 Å². The molecule has 18 heavy (non-hydrogen) atoms. The number of rotatable bonds is 5. The van der Waals surface area contributed by atoms with Crippen molar-refractivity contribution in [2.45, 2.75) is 30.8 Å². The minimum absolute atomic E-state index is 0.0279. The molecular weight excluding hydrogens is 250 g/mol. The second-order valence-electron chi connectivity index (χ2n) is 4.67. The van der Waals surface area contributed by atoms with E-state index in [-0.39, 0.29) is 5.76 Å². The van der Waals surface area contributed by atoms with Crippen molar-refractivity contribution in [3.8, 4) is 0 Å². The van der Waals surface area contributed by atoms with Gasteiger partial charge in [-0.3, -0.25) is 0 Å². The molecule has 1 saturated heterocycles. The number of thioether (sulfide) groups is 1. The van der Waals surface area contributed by atoms with Crippen LogP contribution in [-0.2, 0) is 5.75 Å². The molecule has 2 heterocycles. The highest BCUT2D eigenvalue weighted by molar-refractivity contribution is 7.99. The number of nitrogens with one attached hydrogen (secondary N) is 1. The summed E-state index contributed by atoms with van der Waals surface area (Å²) in [7, 11) is 0. The van der Waals surface area contributed by atoms with Crippen LogP contribution in [0.4, 0.5) is 0 Å². The van der Waals surface area contributed by atoms with Crippen molar-refractivity contribution in [2.75, 3.05) is 13.1 Å². The van der Waals surface area contributed by atoms with Crippen LogP contribution in [0.2, 0.25) is 0 Å². The van der Waals surface area contributed by atoms with Crippen LogP contribution in [0.1, 0.15) is 36.1 Å². The van der Waals surface area contributed by atoms with Crippen molar-refractivity contribution >= 4 is 17.7 Å². The fourth-order valence-electron chi connectivity index (χ4n) is 2.23. The van der Waals surface area contributed by atoms with Gasteiger partial charge in [-0.15, -0.1) is 0 Å². The molecule has 1 aromatic heterocycles. The van der Waals surface area contributed by atoms with Crippen LogP contribution in [0.25, 0.3) is 0 Å². The van der Waals surface area contributed by atoms with E-state index >= 15 is 0 Å². The van der Waals surface area contributed by atoms with Gasteiger partial charge in [0.25, 0.3) is 0 Å². The fraction of sp³-hybridized carbons (Fsp3) is 0.615. The predicted octanol–water partition coefficient (Wildman–Crippen LogP) is 2.60. The van der Waals surface area contributed by atoms with Crippen LogP contribution in [0, 0.1) is 5.92 Å². The van der Waals surface area contributed by atoms with E-state index in [1.54, 1.807) is 6.07 Å². The van der Waals surface area contributed by atoms with Gasteiger partial charge in [-0.2, -0.15) is 11.8 Å². The summed E-state index contributed by atoms with van der Waals surface area (Å²) >= 11 is 1.85. The molecule has 0 spiro atoms. The normalized spacial score (nSPS) is 18.7. The standard InChI is InChI=1S/C13H19NO3S/c1-9(10-4-6-14-7-5-10)18-8-11-2-3-12(17-11)13(15)16/h2-3,9-10,14H,4-8H2,1H3,(H,15,16). The van der Waals surface area contributed by atoms with Gasteiger partial charge < -0.3 is 14.8 Å². The lowest BCUT2D eigenvalue weighted by atomic mass is 9.95. The van der Waals surface area contributed by atoms with Gasteiger partial charge in [0, 0.05) is 5.25 Å². The molecule has 0 saturated carbocycles. The van der Waals surface area contributed by atoms with E-state index in [1.807, 2.05) is 11.8 Å². The molecule has 5 heteroatoms. The van der Waals surface area contributed by atoms with Crippen LogP contribution in [0.15, 0.2) is 16.5 Å². The molecule has 1 fully saturated rings.